The molecule has 0 saturated carbocycles. The van der Waals surface area contributed by atoms with E-state index in [0.717, 1.165) is 0 Å². The van der Waals surface area contributed by atoms with Crippen molar-refractivity contribution in [3.8, 4) is 0 Å². The van der Waals surface area contributed by atoms with Crippen LogP contribution in [0.15, 0.2) is 30.6 Å². The lowest BCUT2D eigenvalue weighted by atomic mass is 10.2. The smallest absolute Gasteiger partial charge is 0.251 e. The van der Waals surface area contributed by atoms with Crippen molar-refractivity contribution in [1.82, 2.24) is 20.5 Å². The number of H-pyrrole nitrogens is 1. The van der Waals surface area contributed by atoms with E-state index in [1.807, 2.05) is 0 Å². The van der Waals surface area contributed by atoms with E-state index in [9.17, 15) is 9.18 Å². The van der Waals surface area contributed by atoms with E-state index in [1.54, 1.807) is 6.92 Å². The second-order valence-electron chi connectivity index (χ2n) is 3.57. The van der Waals surface area contributed by atoms with E-state index in [4.69, 9.17) is 0 Å². The molecule has 1 heterocycles. The van der Waals surface area contributed by atoms with Gasteiger partial charge in [-0.25, -0.2) is 9.37 Å². The third-order valence-electron chi connectivity index (χ3n) is 2.30. The highest BCUT2D eigenvalue weighted by molar-refractivity contribution is 5.94. The van der Waals surface area contributed by atoms with Gasteiger partial charge in [0.1, 0.15) is 18.0 Å². The Labute approximate surface area is 97.1 Å². The number of aromatic nitrogens is 3. The number of nitrogens with one attached hydrogen (secondary N) is 2. The number of carbonyl (C=O) groups excluding carboxylic acids is 1. The second-order valence-corrected chi connectivity index (χ2v) is 3.57. The molecule has 0 aliphatic rings. The summed E-state index contributed by atoms with van der Waals surface area (Å²) in [5.41, 5.74) is 0.401. The maximum Gasteiger partial charge on any atom is 0.251 e. The van der Waals surface area contributed by atoms with Crippen LogP contribution in [0.4, 0.5) is 4.39 Å². The number of benzene rings is 1. The number of hydrogen-bond acceptors (Lipinski definition) is 3. The zero-order valence-corrected chi connectivity index (χ0v) is 9.14. The monoisotopic (exact) mass is 234 g/mol. The molecule has 0 bridgehead atoms. The summed E-state index contributed by atoms with van der Waals surface area (Å²) in [6.45, 7) is 1.78. The first-order valence-corrected chi connectivity index (χ1v) is 5.08. The maximum absolute atomic E-state index is 12.7. The molecule has 2 aromatic rings. The normalized spacial score (nSPS) is 12.1. The van der Waals surface area contributed by atoms with Gasteiger partial charge in [-0.3, -0.25) is 9.89 Å². The summed E-state index contributed by atoms with van der Waals surface area (Å²) >= 11 is 0. The predicted octanol–water partition coefficient (Wildman–Crippen LogP) is 1.43. The van der Waals surface area contributed by atoms with Gasteiger partial charge in [-0.15, -0.1) is 0 Å². The van der Waals surface area contributed by atoms with E-state index in [-0.39, 0.29) is 17.8 Å². The fourth-order valence-electron chi connectivity index (χ4n) is 1.37. The minimum atomic E-state index is -0.371. The molecule has 0 aliphatic heterocycles. The number of aromatic amines is 1. The second kappa shape index (κ2) is 4.73. The molecular weight excluding hydrogens is 223 g/mol. The molecule has 0 spiro atoms. The van der Waals surface area contributed by atoms with Crippen LogP contribution >= 0.6 is 0 Å². The van der Waals surface area contributed by atoms with E-state index < -0.39 is 0 Å². The Morgan fingerprint density at radius 2 is 2.12 bits per heavy atom. The van der Waals surface area contributed by atoms with Crippen LogP contribution in [-0.2, 0) is 0 Å². The third-order valence-corrected chi connectivity index (χ3v) is 2.30. The van der Waals surface area contributed by atoms with Crippen molar-refractivity contribution in [3.63, 3.8) is 0 Å². The van der Waals surface area contributed by atoms with Gasteiger partial charge < -0.3 is 5.32 Å². The molecule has 0 fully saturated rings. The Bertz CT molecular complexity index is 495. The highest BCUT2D eigenvalue weighted by Crippen LogP contribution is 2.07. The lowest BCUT2D eigenvalue weighted by Crippen LogP contribution is -2.27. The molecule has 17 heavy (non-hydrogen) atoms. The van der Waals surface area contributed by atoms with Gasteiger partial charge in [-0.2, -0.15) is 5.10 Å². The van der Waals surface area contributed by atoms with E-state index in [1.165, 1.54) is 30.6 Å². The first-order valence-electron chi connectivity index (χ1n) is 5.08. The lowest BCUT2D eigenvalue weighted by Gasteiger charge is -2.10. The average Bonchev–Trinajstić information content (AvgIpc) is 2.83. The number of nitrogens with zero attached hydrogens (tertiary/aromatic N) is 2. The average molecular weight is 234 g/mol. The number of hydrogen-bond donors (Lipinski definition) is 2. The summed E-state index contributed by atoms with van der Waals surface area (Å²) in [4.78, 5) is 15.7. The van der Waals surface area contributed by atoms with Crippen molar-refractivity contribution in [2.24, 2.45) is 0 Å². The van der Waals surface area contributed by atoms with E-state index in [2.05, 4.69) is 20.5 Å². The molecule has 1 aromatic heterocycles. The van der Waals surface area contributed by atoms with Crippen LogP contribution in [-0.4, -0.2) is 21.1 Å². The van der Waals surface area contributed by atoms with Gasteiger partial charge in [-0.05, 0) is 31.2 Å². The summed E-state index contributed by atoms with van der Waals surface area (Å²) in [5, 5.41) is 9.09. The van der Waals surface area contributed by atoms with Crippen LogP contribution < -0.4 is 5.32 Å². The van der Waals surface area contributed by atoms with Gasteiger partial charge in [0, 0.05) is 5.56 Å². The Morgan fingerprint density at radius 3 is 2.71 bits per heavy atom. The number of rotatable bonds is 3. The zero-order valence-electron chi connectivity index (χ0n) is 9.14. The molecule has 1 aromatic carbocycles. The summed E-state index contributed by atoms with van der Waals surface area (Å²) in [7, 11) is 0. The van der Waals surface area contributed by atoms with Crippen LogP contribution in [0, 0.1) is 5.82 Å². The van der Waals surface area contributed by atoms with E-state index in [0.29, 0.717) is 11.4 Å². The molecule has 2 N–H and O–H groups in total. The quantitative estimate of drug-likeness (QED) is 0.844. The molecule has 1 atom stereocenters. The highest BCUT2D eigenvalue weighted by Gasteiger charge is 2.13. The molecule has 1 amide bonds. The van der Waals surface area contributed by atoms with Crippen molar-refractivity contribution in [2.75, 3.05) is 0 Å². The van der Waals surface area contributed by atoms with Crippen LogP contribution in [0.5, 0.6) is 0 Å². The van der Waals surface area contributed by atoms with Crippen molar-refractivity contribution >= 4 is 5.91 Å². The van der Waals surface area contributed by atoms with Crippen molar-refractivity contribution in [3.05, 3.63) is 47.8 Å². The SMILES string of the molecule is CC(NC(=O)c1ccc(F)cc1)c1ncn[nH]1. The van der Waals surface area contributed by atoms with Gasteiger partial charge in [0.2, 0.25) is 0 Å². The van der Waals surface area contributed by atoms with Gasteiger partial charge in [0.05, 0.1) is 6.04 Å². The standard InChI is InChI=1S/C11H11FN4O/c1-7(10-13-6-14-16-10)15-11(17)8-2-4-9(12)5-3-8/h2-7H,1H3,(H,15,17)(H,13,14,16). The molecule has 0 radical (unpaired) electrons. The van der Waals surface area contributed by atoms with Crippen LogP contribution in [0.3, 0.4) is 0 Å². The fourth-order valence-corrected chi connectivity index (χ4v) is 1.37. The molecule has 1 unspecified atom stereocenters. The highest BCUT2D eigenvalue weighted by atomic mass is 19.1. The maximum atomic E-state index is 12.7. The molecule has 2 rings (SSSR count). The lowest BCUT2D eigenvalue weighted by molar-refractivity contribution is 0.0938. The minimum Gasteiger partial charge on any atom is -0.342 e. The third kappa shape index (κ3) is 2.66. The Hall–Kier alpha value is -2.24. The molecule has 6 heteroatoms. The summed E-state index contributed by atoms with van der Waals surface area (Å²) < 4.78 is 12.7. The predicted molar refractivity (Wildman–Crippen MR) is 58.7 cm³/mol. The number of amides is 1. The zero-order chi connectivity index (χ0) is 12.3. The summed E-state index contributed by atoms with van der Waals surface area (Å²) in [6.07, 6.45) is 1.37. The minimum absolute atomic E-state index is 0.282. The van der Waals surface area contributed by atoms with Gasteiger partial charge in [0.15, 0.2) is 0 Å². The van der Waals surface area contributed by atoms with Crippen molar-refractivity contribution in [1.29, 1.82) is 0 Å². The van der Waals surface area contributed by atoms with E-state index >= 15 is 0 Å². The Balaban J connectivity index is 2.04. The Morgan fingerprint density at radius 1 is 1.41 bits per heavy atom. The largest absolute Gasteiger partial charge is 0.342 e. The summed E-state index contributed by atoms with van der Waals surface area (Å²) in [6, 6.07) is 5.06. The molecule has 0 aliphatic carbocycles. The molecule has 88 valence electrons. The number of halogens is 1. The van der Waals surface area contributed by atoms with Crippen LogP contribution in [0.1, 0.15) is 29.1 Å². The molecule has 0 saturated heterocycles. The van der Waals surface area contributed by atoms with Crippen molar-refractivity contribution in [2.45, 2.75) is 13.0 Å². The van der Waals surface area contributed by atoms with Crippen molar-refractivity contribution < 1.29 is 9.18 Å². The summed E-state index contributed by atoms with van der Waals surface area (Å²) in [5.74, 6) is -0.0841. The van der Waals surface area contributed by atoms with Crippen LogP contribution in [0.25, 0.3) is 0 Å². The fraction of sp³-hybridized carbons (Fsp3) is 0.182. The first kappa shape index (κ1) is 11.3. The number of carbonyl (C=O) groups is 1. The van der Waals surface area contributed by atoms with Gasteiger partial charge in [0.25, 0.3) is 5.91 Å². The topological polar surface area (TPSA) is 70.7 Å². The Kier molecular flexibility index (Phi) is 3.13. The molecule has 5 nitrogen and oxygen atoms in total. The first-order chi connectivity index (χ1) is 8.16. The molecular formula is C11H11FN4O. The van der Waals surface area contributed by atoms with Gasteiger partial charge in [-0.1, -0.05) is 0 Å². The van der Waals surface area contributed by atoms with Crippen LogP contribution in [0.2, 0.25) is 0 Å². The van der Waals surface area contributed by atoms with Gasteiger partial charge >= 0.3 is 0 Å².